The van der Waals surface area contributed by atoms with E-state index in [-0.39, 0.29) is 11.5 Å². The lowest BCUT2D eigenvalue weighted by Crippen LogP contribution is -2.22. The molecular formula is C22H32N2O2. The first-order chi connectivity index (χ1) is 12.6. The molecule has 1 aromatic rings. The Morgan fingerprint density at radius 1 is 0.808 bits per heavy atom. The fourth-order valence-electron chi connectivity index (χ4n) is 3.11. The van der Waals surface area contributed by atoms with Gasteiger partial charge in [0.05, 0.1) is 0 Å². The molecule has 0 saturated carbocycles. The number of nitrogens with zero attached hydrogens (tertiary/aromatic N) is 2. The molecule has 0 amide bonds. The van der Waals surface area contributed by atoms with Crippen LogP contribution in [0.2, 0.25) is 0 Å². The van der Waals surface area contributed by atoms with Crippen LogP contribution >= 0.6 is 0 Å². The molecule has 0 unspecified atom stereocenters. The van der Waals surface area contributed by atoms with Crippen molar-refractivity contribution in [1.82, 2.24) is 0 Å². The Labute approximate surface area is 157 Å². The summed E-state index contributed by atoms with van der Waals surface area (Å²) >= 11 is 0. The molecule has 0 fully saturated rings. The molecule has 26 heavy (non-hydrogen) atoms. The van der Waals surface area contributed by atoms with Gasteiger partial charge in [0.1, 0.15) is 0 Å². The van der Waals surface area contributed by atoms with Gasteiger partial charge in [-0.15, -0.1) is 0 Å². The SMILES string of the molecule is CC(=O)C(=[N+]=[N-])C(=O)CCCCCCCCCCCCc1ccccc1. The molecule has 0 saturated heterocycles. The Kier molecular flexibility index (Phi) is 12.0. The van der Waals surface area contributed by atoms with Crippen LogP contribution in [0.3, 0.4) is 0 Å². The molecule has 1 rings (SSSR count). The van der Waals surface area contributed by atoms with Gasteiger partial charge in [-0.3, -0.25) is 9.59 Å². The highest BCUT2D eigenvalue weighted by molar-refractivity contribution is 6.63. The first kappa shape index (κ1) is 22.0. The van der Waals surface area contributed by atoms with E-state index >= 15 is 0 Å². The molecule has 0 bridgehead atoms. The second-order valence-corrected chi connectivity index (χ2v) is 6.95. The van der Waals surface area contributed by atoms with E-state index in [1.807, 2.05) is 0 Å². The second kappa shape index (κ2) is 14.1. The van der Waals surface area contributed by atoms with E-state index in [1.54, 1.807) is 0 Å². The third-order valence-corrected chi connectivity index (χ3v) is 4.66. The molecule has 142 valence electrons. The van der Waals surface area contributed by atoms with Gasteiger partial charge in [-0.2, -0.15) is 4.79 Å². The van der Waals surface area contributed by atoms with Crippen molar-refractivity contribution in [3.8, 4) is 0 Å². The van der Waals surface area contributed by atoms with E-state index in [0.717, 1.165) is 19.3 Å². The highest BCUT2D eigenvalue weighted by Crippen LogP contribution is 2.13. The van der Waals surface area contributed by atoms with Crippen LogP contribution in [-0.2, 0) is 16.0 Å². The average Bonchev–Trinajstić information content (AvgIpc) is 2.63. The van der Waals surface area contributed by atoms with E-state index in [2.05, 4.69) is 35.1 Å². The molecule has 4 heteroatoms. The summed E-state index contributed by atoms with van der Waals surface area (Å²) < 4.78 is 0. The normalized spacial score (nSPS) is 10.3. The topological polar surface area (TPSA) is 70.5 Å². The van der Waals surface area contributed by atoms with Gasteiger partial charge in [0.25, 0.3) is 0 Å². The maximum Gasteiger partial charge on any atom is 0.399 e. The Morgan fingerprint density at radius 2 is 1.31 bits per heavy atom. The van der Waals surface area contributed by atoms with Crippen molar-refractivity contribution in [2.45, 2.75) is 84.0 Å². The molecular weight excluding hydrogens is 324 g/mol. The standard InChI is InChI=1S/C22H32N2O2/c1-19(25)22(24-23)21(26)18-14-9-7-5-3-2-4-6-8-11-15-20-16-12-10-13-17-20/h10,12-13,16-17H,2-9,11,14-15,18H2,1H3. The van der Waals surface area contributed by atoms with Crippen LogP contribution in [0.4, 0.5) is 0 Å². The Bertz CT molecular complexity index is 589. The predicted molar refractivity (Wildman–Crippen MR) is 105 cm³/mol. The van der Waals surface area contributed by atoms with Crippen LogP contribution in [0.1, 0.15) is 83.1 Å². The molecule has 0 aliphatic carbocycles. The third-order valence-electron chi connectivity index (χ3n) is 4.66. The summed E-state index contributed by atoms with van der Waals surface area (Å²) in [4.78, 5) is 25.5. The monoisotopic (exact) mass is 356 g/mol. The first-order valence-corrected chi connectivity index (χ1v) is 9.95. The van der Waals surface area contributed by atoms with Gasteiger partial charge in [0.15, 0.2) is 0 Å². The van der Waals surface area contributed by atoms with Gasteiger partial charge < -0.3 is 5.53 Å². The fraction of sp³-hybridized carbons (Fsp3) is 0.591. The molecule has 0 aliphatic rings. The summed E-state index contributed by atoms with van der Waals surface area (Å²) in [5, 5.41) is 0. The van der Waals surface area contributed by atoms with Gasteiger partial charge in [-0.05, 0) is 24.8 Å². The van der Waals surface area contributed by atoms with E-state index in [9.17, 15) is 9.59 Å². The number of aryl methyl sites for hydroxylation is 1. The van der Waals surface area contributed by atoms with E-state index < -0.39 is 5.78 Å². The van der Waals surface area contributed by atoms with Crippen molar-refractivity contribution < 1.29 is 14.4 Å². The van der Waals surface area contributed by atoms with Crippen molar-refractivity contribution in [3.63, 3.8) is 0 Å². The van der Waals surface area contributed by atoms with E-state index in [4.69, 9.17) is 5.53 Å². The maximum absolute atomic E-state index is 11.7. The summed E-state index contributed by atoms with van der Waals surface area (Å²) in [6, 6.07) is 10.7. The minimum Gasteiger partial charge on any atom is -0.360 e. The Morgan fingerprint density at radius 3 is 1.81 bits per heavy atom. The van der Waals surface area contributed by atoms with Crippen molar-refractivity contribution in [2.75, 3.05) is 0 Å². The van der Waals surface area contributed by atoms with Gasteiger partial charge in [0, 0.05) is 13.3 Å². The number of carbonyl (C=O) groups excluding carboxylic acids is 2. The summed E-state index contributed by atoms with van der Waals surface area (Å²) in [5.74, 6) is -0.822. The third kappa shape index (κ3) is 10.0. The molecule has 1 aromatic carbocycles. The Balaban J connectivity index is 1.88. The summed E-state index contributed by atoms with van der Waals surface area (Å²) in [5.41, 5.74) is 9.76. The molecule has 0 aromatic heterocycles. The summed E-state index contributed by atoms with van der Waals surface area (Å²) in [6.45, 7) is 1.24. The molecule has 0 aliphatic heterocycles. The van der Waals surface area contributed by atoms with Crippen LogP contribution in [0.5, 0.6) is 0 Å². The second-order valence-electron chi connectivity index (χ2n) is 6.95. The van der Waals surface area contributed by atoms with Crippen LogP contribution < -0.4 is 0 Å². The van der Waals surface area contributed by atoms with Crippen LogP contribution in [0.25, 0.3) is 5.53 Å². The van der Waals surface area contributed by atoms with Crippen LogP contribution in [0.15, 0.2) is 30.3 Å². The van der Waals surface area contributed by atoms with Gasteiger partial charge in [0.2, 0.25) is 11.6 Å². The first-order valence-electron chi connectivity index (χ1n) is 9.95. The fourth-order valence-corrected chi connectivity index (χ4v) is 3.11. The van der Waals surface area contributed by atoms with Gasteiger partial charge >= 0.3 is 5.71 Å². The molecule has 0 N–H and O–H groups in total. The lowest BCUT2D eigenvalue weighted by Gasteiger charge is -2.03. The number of carbonyl (C=O) groups is 2. The van der Waals surface area contributed by atoms with Crippen LogP contribution in [-0.4, -0.2) is 22.1 Å². The van der Waals surface area contributed by atoms with E-state index in [1.165, 1.54) is 63.9 Å². The molecule has 0 radical (unpaired) electrons. The minimum atomic E-state index is -0.471. The van der Waals surface area contributed by atoms with E-state index in [0.29, 0.717) is 6.42 Å². The maximum atomic E-state index is 11.7. The Hall–Kier alpha value is -2.06. The summed E-state index contributed by atoms with van der Waals surface area (Å²) in [6.07, 6.45) is 13.3. The van der Waals surface area contributed by atoms with Crippen molar-refractivity contribution >= 4 is 17.3 Å². The number of Topliss-reactive ketones (excluding diaryl/α,β-unsaturated/α-hetero) is 2. The van der Waals surface area contributed by atoms with Crippen molar-refractivity contribution in [3.05, 3.63) is 41.4 Å². The lowest BCUT2D eigenvalue weighted by atomic mass is 10.0. The molecule has 0 heterocycles. The minimum absolute atomic E-state index is 0.292. The largest absolute Gasteiger partial charge is 0.399 e. The number of rotatable bonds is 15. The zero-order chi connectivity index (χ0) is 19.0. The number of benzene rings is 1. The van der Waals surface area contributed by atoms with Crippen molar-refractivity contribution in [1.29, 1.82) is 0 Å². The number of hydrogen-bond donors (Lipinski definition) is 0. The molecule has 0 spiro atoms. The van der Waals surface area contributed by atoms with Gasteiger partial charge in [-0.25, -0.2) is 0 Å². The number of hydrogen-bond acceptors (Lipinski definition) is 2. The molecule has 0 atom stereocenters. The zero-order valence-corrected chi connectivity index (χ0v) is 16.1. The lowest BCUT2D eigenvalue weighted by molar-refractivity contribution is -0.123. The highest BCUT2D eigenvalue weighted by Gasteiger charge is 2.24. The zero-order valence-electron chi connectivity index (χ0n) is 16.1. The highest BCUT2D eigenvalue weighted by atomic mass is 16.1. The molecule has 4 nitrogen and oxygen atoms in total. The average molecular weight is 357 g/mol. The van der Waals surface area contributed by atoms with Gasteiger partial charge in [-0.1, -0.05) is 81.7 Å². The predicted octanol–water partition coefficient (Wildman–Crippen LogP) is 5.35. The quantitative estimate of drug-likeness (QED) is 0.140. The number of ketones is 2. The smallest absolute Gasteiger partial charge is 0.360 e. The van der Waals surface area contributed by atoms with Crippen LogP contribution in [0, 0.1) is 0 Å². The number of unbranched alkanes of at least 4 members (excludes halogenated alkanes) is 9. The van der Waals surface area contributed by atoms with Crippen molar-refractivity contribution in [2.24, 2.45) is 0 Å². The summed E-state index contributed by atoms with van der Waals surface area (Å²) in [7, 11) is 0.